The Morgan fingerprint density at radius 3 is 3.00 bits per heavy atom. The molecule has 3 heterocycles. The van der Waals surface area contributed by atoms with Gasteiger partial charge < -0.3 is 10.6 Å². The molecule has 1 saturated heterocycles. The van der Waals surface area contributed by atoms with Gasteiger partial charge in [-0.15, -0.1) is 16.4 Å². The Kier molecular flexibility index (Phi) is 4.77. The molecule has 1 aromatic carbocycles. The van der Waals surface area contributed by atoms with Crippen LogP contribution in [0.5, 0.6) is 0 Å². The summed E-state index contributed by atoms with van der Waals surface area (Å²) in [6.45, 7) is 1.72. The highest BCUT2D eigenvalue weighted by atomic mass is 32.1. The third-order valence-electron chi connectivity index (χ3n) is 4.24. The second kappa shape index (κ2) is 7.35. The van der Waals surface area contributed by atoms with Gasteiger partial charge in [0.15, 0.2) is 5.82 Å². The van der Waals surface area contributed by atoms with E-state index in [-0.39, 0.29) is 23.6 Å². The molecule has 8 heteroatoms. The number of halogens is 1. The van der Waals surface area contributed by atoms with E-state index in [2.05, 4.69) is 20.7 Å². The van der Waals surface area contributed by atoms with E-state index in [1.165, 1.54) is 28.2 Å². The highest BCUT2D eigenvalue weighted by Gasteiger charge is 2.22. The predicted octanol–water partition coefficient (Wildman–Crippen LogP) is 2.62. The summed E-state index contributed by atoms with van der Waals surface area (Å²) in [6.07, 6.45) is 1.96. The van der Waals surface area contributed by atoms with Crippen molar-refractivity contribution in [1.82, 2.24) is 25.4 Å². The minimum absolute atomic E-state index is 0.0718. The molecule has 0 bridgehead atoms. The molecule has 0 saturated carbocycles. The number of rotatable bonds is 4. The first-order valence-corrected chi connectivity index (χ1v) is 9.37. The molecule has 0 aliphatic carbocycles. The van der Waals surface area contributed by atoms with E-state index in [0.29, 0.717) is 11.5 Å². The van der Waals surface area contributed by atoms with Crippen LogP contribution in [0, 0.1) is 5.82 Å². The normalized spacial score (nSPS) is 17.2. The molecule has 0 spiro atoms. The van der Waals surface area contributed by atoms with E-state index in [1.54, 1.807) is 12.1 Å². The molecular formula is C18H18FN5OS. The molecule has 0 unspecified atom stereocenters. The van der Waals surface area contributed by atoms with Crippen LogP contribution >= 0.6 is 11.3 Å². The van der Waals surface area contributed by atoms with E-state index >= 15 is 0 Å². The van der Waals surface area contributed by atoms with E-state index in [9.17, 15) is 9.18 Å². The molecule has 2 aromatic heterocycles. The van der Waals surface area contributed by atoms with Crippen LogP contribution in [0.1, 0.15) is 23.5 Å². The summed E-state index contributed by atoms with van der Waals surface area (Å²) in [5.41, 5.74) is 0.527. The molecule has 0 radical (unpaired) electrons. The number of aromatic nitrogens is 3. The number of hydrogen-bond donors (Lipinski definition) is 2. The number of amides is 1. The SMILES string of the molecule is O=C(N[C@H]1CCCNC1)c1nc(-c2cccs2)n(-c2cccc(F)c2)n1. The predicted molar refractivity (Wildman–Crippen MR) is 98.0 cm³/mol. The minimum Gasteiger partial charge on any atom is -0.345 e. The first-order valence-electron chi connectivity index (χ1n) is 8.49. The molecule has 134 valence electrons. The maximum Gasteiger partial charge on any atom is 0.291 e. The summed E-state index contributed by atoms with van der Waals surface area (Å²) >= 11 is 1.49. The lowest BCUT2D eigenvalue weighted by atomic mass is 10.1. The number of benzene rings is 1. The summed E-state index contributed by atoms with van der Waals surface area (Å²) in [5, 5.41) is 12.5. The van der Waals surface area contributed by atoms with Crippen molar-refractivity contribution in [1.29, 1.82) is 0 Å². The molecule has 1 aliphatic rings. The number of carbonyl (C=O) groups excluding carboxylic acids is 1. The van der Waals surface area contributed by atoms with Crippen LogP contribution < -0.4 is 10.6 Å². The minimum atomic E-state index is -0.366. The van der Waals surface area contributed by atoms with E-state index < -0.39 is 0 Å². The number of hydrogen-bond acceptors (Lipinski definition) is 5. The summed E-state index contributed by atoms with van der Waals surface area (Å²) in [7, 11) is 0. The molecule has 4 rings (SSSR count). The highest BCUT2D eigenvalue weighted by Crippen LogP contribution is 2.25. The first-order chi connectivity index (χ1) is 12.7. The fourth-order valence-electron chi connectivity index (χ4n) is 2.99. The Hall–Kier alpha value is -2.58. The van der Waals surface area contributed by atoms with Crippen LogP contribution in [0.25, 0.3) is 16.4 Å². The second-order valence-corrected chi connectivity index (χ2v) is 7.09. The third-order valence-corrected chi connectivity index (χ3v) is 5.10. The zero-order valence-electron chi connectivity index (χ0n) is 14.0. The molecule has 6 nitrogen and oxygen atoms in total. The summed E-state index contributed by atoms with van der Waals surface area (Å²) in [5.74, 6) is -0.0678. The first kappa shape index (κ1) is 16.9. The lowest BCUT2D eigenvalue weighted by molar-refractivity contribution is 0.0920. The zero-order chi connectivity index (χ0) is 17.9. The number of nitrogens with zero attached hydrogens (tertiary/aromatic N) is 3. The molecule has 1 fully saturated rings. The van der Waals surface area contributed by atoms with Crippen LogP contribution in [0.4, 0.5) is 4.39 Å². The zero-order valence-corrected chi connectivity index (χ0v) is 14.8. The van der Waals surface area contributed by atoms with E-state index in [4.69, 9.17) is 0 Å². The van der Waals surface area contributed by atoms with Gasteiger partial charge >= 0.3 is 0 Å². The van der Waals surface area contributed by atoms with Crippen LogP contribution in [0.15, 0.2) is 41.8 Å². The maximum atomic E-state index is 13.7. The van der Waals surface area contributed by atoms with Crippen molar-refractivity contribution >= 4 is 17.2 Å². The number of piperidine rings is 1. The van der Waals surface area contributed by atoms with Crippen LogP contribution in [-0.2, 0) is 0 Å². The lowest BCUT2D eigenvalue weighted by Gasteiger charge is -2.23. The Bertz CT molecular complexity index is 902. The van der Waals surface area contributed by atoms with Gasteiger partial charge in [0.05, 0.1) is 10.6 Å². The molecule has 2 N–H and O–H groups in total. The average molecular weight is 371 g/mol. The summed E-state index contributed by atoms with van der Waals surface area (Å²) in [6, 6.07) is 9.96. The van der Waals surface area contributed by atoms with Crippen molar-refractivity contribution in [2.45, 2.75) is 18.9 Å². The topological polar surface area (TPSA) is 71.8 Å². The molecule has 1 amide bonds. The second-order valence-electron chi connectivity index (χ2n) is 6.14. The van der Waals surface area contributed by atoms with Gasteiger partial charge in [-0.25, -0.2) is 14.1 Å². The number of carbonyl (C=O) groups is 1. The Balaban J connectivity index is 1.68. The highest BCUT2D eigenvalue weighted by molar-refractivity contribution is 7.13. The van der Waals surface area contributed by atoms with Crippen molar-refractivity contribution < 1.29 is 9.18 Å². The standard InChI is InChI=1S/C18H18FN5OS/c19-12-4-1-6-14(10-12)24-17(15-7-3-9-26-15)22-16(23-24)18(25)21-13-5-2-8-20-11-13/h1,3-4,6-7,9-10,13,20H,2,5,8,11H2,(H,21,25)/t13-/m0/s1. The smallest absolute Gasteiger partial charge is 0.291 e. The summed E-state index contributed by atoms with van der Waals surface area (Å²) in [4.78, 5) is 17.9. The van der Waals surface area contributed by atoms with Crippen LogP contribution in [0.2, 0.25) is 0 Å². The lowest BCUT2D eigenvalue weighted by Crippen LogP contribution is -2.45. The molecule has 3 aromatic rings. The van der Waals surface area contributed by atoms with Gasteiger partial charge in [0.2, 0.25) is 5.82 Å². The molecule has 1 aliphatic heterocycles. The third kappa shape index (κ3) is 3.51. The van der Waals surface area contributed by atoms with E-state index in [0.717, 1.165) is 30.8 Å². The van der Waals surface area contributed by atoms with Crippen LogP contribution in [0.3, 0.4) is 0 Å². The molecule has 26 heavy (non-hydrogen) atoms. The largest absolute Gasteiger partial charge is 0.345 e. The molecular weight excluding hydrogens is 353 g/mol. The summed E-state index contributed by atoms with van der Waals surface area (Å²) < 4.78 is 15.2. The van der Waals surface area contributed by atoms with Gasteiger partial charge in [-0.05, 0) is 49.0 Å². The van der Waals surface area contributed by atoms with Gasteiger partial charge in [0.1, 0.15) is 5.82 Å². The van der Waals surface area contributed by atoms with Crippen molar-refractivity contribution in [3.8, 4) is 16.4 Å². The van der Waals surface area contributed by atoms with Gasteiger partial charge in [-0.3, -0.25) is 4.79 Å². The fourth-order valence-corrected chi connectivity index (χ4v) is 3.68. The fraction of sp³-hybridized carbons (Fsp3) is 0.278. The molecule has 1 atom stereocenters. The van der Waals surface area contributed by atoms with Gasteiger partial charge in [0.25, 0.3) is 5.91 Å². The number of thiophene rings is 1. The Labute approximate surface area is 154 Å². The average Bonchev–Trinajstić information content (AvgIpc) is 3.32. The van der Waals surface area contributed by atoms with Gasteiger partial charge in [0, 0.05) is 12.6 Å². The van der Waals surface area contributed by atoms with Crippen molar-refractivity contribution in [3.63, 3.8) is 0 Å². The maximum absolute atomic E-state index is 13.7. The van der Waals surface area contributed by atoms with Crippen molar-refractivity contribution in [3.05, 3.63) is 53.4 Å². The van der Waals surface area contributed by atoms with Crippen LogP contribution in [-0.4, -0.2) is 39.8 Å². The monoisotopic (exact) mass is 371 g/mol. The van der Waals surface area contributed by atoms with Gasteiger partial charge in [-0.2, -0.15) is 0 Å². The van der Waals surface area contributed by atoms with E-state index in [1.807, 2.05) is 17.5 Å². The number of nitrogens with one attached hydrogen (secondary N) is 2. The van der Waals surface area contributed by atoms with Gasteiger partial charge in [-0.1, -0.05) is 12.1 Å². The Morgan fingerprint density at radius 1 is 1.35 bits per heavy atom. The van der Waals surface area contributed by atoms with Crippen molar-refractivity contribution in [2.24, 2.45) is 0 Å². The van der Waals surface area contributed by atoms with Crippen molar-refractivity contribution in [2.75, 3.05) is 13.1 Å². The Morgan fingerprint density at radius 2 is 2.27 bits per heavy atom. The quantitative estimate of drug-likeness (QED) is 0.740.